The fourth-order valence-corrected chi connectivity index (χ4v) is 4.76. The number of Topliss-reactive ketones (excluding diaryl/α,β-unsaturated/α-hetero) is 1. The highest BCUT2D eigenvalue weighted by Crippen LogP contribution is 2.28. The van der Waals surface area contributed by atoms with Gasteiger partial charge in [-0.3, -0.25) is 4.79 Å². The molecule has 1 aromatic heterocycles. The molecule has 4 rings (SSSR count). The molecule has 0 radical (unpaired) electrons. The molecule has 0 bridgehead atoms. The van der Waals surface area contributed by atoms with E-state index >= 15 is 0 Å². The van der Waals surface area contributed by atoms with Crippen LogP contribution in [0.3, 0.4) is 0 Å². The van der Waals surface area contributed by atoms with E-state index in [0.29, 0.717) is 30.1 Å². The van der Waals surface area contributed by atoms with Crippen molar-refractivity contribution in [2.75, 3.05) is 0 Å². The molecule has 178 valence electrons. The first-order valence-electron chi connectivity index (χ1n) is 12.1. The minimum atomic E-state index is -0.941. The topological polar surface area (TPSA) is 85.1 Å². The van der Waals surface area contributed by atoms with Crippen molar-refractivity contribution in [1.82, 2.24) is 14.8 Å². The maximum Gasteiger partial charge on any atom is 0.336 e. The van der Waals surface area contributed by atoms with Crippen molar-refractivity contribution < 1.29 is 14.7 Å². The average Bonchev–Trinajstić information content (AvgIpc) is 3.25. The van der Waals surface area contributed by atoms with Gasteiger partial charge in [-0.05, 0) is 49.4 Å². The van der Waals surface area contributed by atoms with Gasteiger partial charge in [-0.1, -0.05) is 74.6 Å². The first-order valence-corrected chi connectivity index (χ1v) is 12.1. The summed E-state index contributed by atoms with van der Waals surface area (Å²) in [4.78, 5) is 29.2. The smallest absolute Gasteiger partial charge is 0.336 e. The Hall–Kier alpha value is -3.28. The lowest BCUT2D eigenvalue weighted by Gasteiger charge is -2.21. The fraction of sp³-hybridized carbons (Fsp3) is 0.429. The van der Waals surface area contributed by atoms with E-state index in [1.54, 1.807) is 12.1 Å². The third-order valence-corrected chi connectivity index (χ3v) is 6.54. The number of carboxylic acid groups (broad SMARTS) is 1. The summed E-state index contributed by atoms with van der Waals surface area (Å²) in [6.45, 7) is 6.19. The number of nitrogens with zero attached hydrogens (tertiary/aromatic N) is 3. The predicted molar refractivity (Wildman–Crippen MR) is 132 cm³/mol. The first kappa shape index (κ1) is 23.9. The van der Waals surface area contributed by atoms with Gasteiger partial charge in [0.2, 0.25) is 11.6 Å². The van der Waals surface area contributed by atoms with E-state index in [2.05, 4.69) is 30.9 Å². The van der Waals surface area contributed by atoms with Gasteiger partial charge in [0.25, 0.3) is 0 Å². The minimum Gasteiger partial charge on any atom is -0.478 e. The number of carboxylic acids is 1. The third kappa shape index (κ3) is 5.44. The molecule has 1 N–H and O–H groups in total. The number of aromatic carboxylic acids is 1. The number of aromatic nitrogens is 3. The van der Waals surface area contributed by atoms with Crippen LogP contribution < -0.4 is 0 Å². The van der Waals surface area contributed by atoms with Gasteiger partial charge in [-0.15, -0.1) is 5.10 Å². The predicted octanol–water partition coefficient (Wildman–Crippen LogP) is 6.14. The molecule has 0 unspecified atom stereocenters. The molecular formula is C28H33N3O3. The lowest BCUT2D eigenvalue weighted by atomic mass is 9.86. The van der Waals surface area contributed by atoms with Crippen LogP contribution in [0.5, 0.6) is 0 Å². The third-order valence-electron chi connectivity index (χ3n) is 6.54. The molecule has 6 heteroatoms. The molecule has 1 aliphatic carbocycles. The van der Waals surface area contributed by atoms with E-state index in [4.69, 9.17) is 0 Å². The highest BCUT2D eigenvalue weighted by Gasteiger charge is 2.26. The van der Waals surface area contributed by atoms with Crippen LogP contribution >= 0.6 is 0 Å². The quantitative estimate of drug-likeness (QED) is 0.429. The first-order chi connectivity index (χ1) is 16.2. The van der Waals surface area contributed by atoms with Crippen molar-refractivity contribution in [2.24, 2.45) is 5.92 Å². The molecule has 1 fully saturated rings. The number of rotatable bonds is 7. The summed E-state index contributed by atoms with van der Waals surface area (Å²) in [5.74, 6) is 0.633. The molecule has 0 amide bonds. The molecule has 0 spiro atoms. The zero-order chi connectivity index (χ0) is 24.3. The van der Waals surface area contributed by atoms with Gasteiger partial charge in [0, 0.05) is 12.8 Å². The fourth-order valence-electron chi connectivity index (χ4n) is 4.76. The van der Waals surface area contributed by atoms with Crippen LogP contribution in [-0.4, -0.2) is 31.6 Å². The van der Waals surface area contributed by atoms with Gasteiger partial charge in [-0.2, -0.15) is 0 Å². The number of carbonyl (C=O) groups excluding carboxylic acids is 1. The molecule has 6 nitrogen and oxygen atoms in total. The summed E-state index contributed by atoms with van der Waals surface area (Å²) in [6, 6.07) is 14.8. The van der Waals surface area contributed by atoms with Crippen molar-refractivity contribution in [3.8, 4) is 11.1 Å². The van der Waals surface area contributed by atoms with E-state index in [0.717, 1.165) is 29.8 Å². The number of hydrogen-bond acceptors (Lipinski definition) is 4. The molecule has 2 aromatic carbocycles. The largest absolute Gasteiger partial charge is 0.478 e. The average molecular weight is 460 g/mol. The van der Waals surface area contributed by atoms with Gasteiger partial charge in [0.1, 0.15) is 5.82 Å². The lowest BCUT2D eigenvalue weighted by molar-refractivity contribution is 0.0697. The number of carbonyl (C=O) groups is 2. The number of ketones is 1. The van der Waals surface area contributed by atoms with Gasteiger partial charge >= 0.3 is 5.97 Å². The molecule has 0 atom stereocenters. The van der Waals surface area contributed by atoms with Crippen LogP contribution in [0.4, 0.5) is 0 Å². The Labute approximate surface area is 201 Å². The van der Waals surface area contributed by atoms with E-state index in [-0.39, 0.29) is 16.9 Å². The number of hydrogen-bond donors (Lipinski definition) is 1. The second-order valence-corrected chi connectivity index (χ2v) is 10.3. The maximum atomic E-state index is 13.0. The van der Waals surface area contributed by atoms with E-state index < -0.39 is 5.97 Å². The van der Waals surface area contributed by atoms with Crippen LogP contribution in [0.25, 0.3) is 11.1 Å². The van der Waals surface area contributed by atoms with Crippen LogP contribution in [-0.2, 0) is 12.0 Å². The van der Waals surface area contributed by atoms with Crippen molar-refractivity contribution in [3.05, 3.63) is 71.3 Å². The number of benzene rings is 2. The molecule has 34 heavy (non-hydrogen) atoms. The molecule has 3 aromatic rings. The zero-order valence-corrected chi connectivity index (χ0v) is 20.3. The summed E-state index contributed by atoms with van der Waals surface area (Å²) >= 11 is 0. The second kappa shape index (κ2) is 9.92. The highest BCUT2D eigenvalue weighted by molar-refractivity contribution is 5.96. The molecule has 0 aliphatic heterocycles. The Balaban J connectivity index is 1.56. The highest BCUT2D eigenvalue weighted by atomic mass is 16.4. The van der Waals surface area contributed by atoms with Crippen LogP contribution in [0.2, 0.25) is 0 Å². The van der Waals surface area contributed by atoms with Crippen LogP contribution in [0.15, 0.2) is 48.5 Å². The Morgan fingerprint density at radius 1 is 1.00 bits per heavy atom. The second-order valence-electron chi connectivity index (χ2n) is 10.3. The minimum absolute atomic E-state index is 0.0387. The van der Waals surface area contributed by atoms with Crippen molar-refractivity contribution in [3.63, 3.8) is 0 Å². The summed E-state index contributed by atoms with van der Waals surface area (Å²) in [7, 11) is 0. The Morgan fingerprint density at radius 2 is 1.68 bits per heavy atom. The van der Waals surface area contributed by atoms with Crippen LogP contribution in [0.1, 0.15) is 91.7 Å². The Bertz CT molecular complexity index is 1170. The maximum absolute atomic E-state index is 13.0. The van der Waals surface area contributed by atoms with Crippen molar-refractivity contribution in [2.45, 2.75) is 71.3 Å². The molecule has 0 saturated heterocycles. The van der Waals surface area contributed by atoms with Gasteiger partial charge in [-0.25, -0.2) is 14.5 Å². The summed E-state index contributed by atoms with van der Waals surface area (Å²) in [5.41, 5.74) is 2.55. The standard InChI is InChI=1S/C28H33N3O3/c1-28(2,3)31-25(29-26(30-31)24(32)17-19-9-5-4-6-10-19)18-20-13-15-21(16-14-20)22-11-7-8-12-23(22)27(33)34/h7-8,11-16,19H,4-6,9-10,17-18H2,1-3H3,(H,33,34). The van der Waals surface area contributed by atoms with Crippen molar-refractivity contribution >= 4 is 11.8 Å². The van der Waals surface area contributed by atoms with Gasteiger partial charge in [0.15, 0.2) is 0 Å². The molecule has 1 aliphatic rings. The van der Waals surface area contributed by atoms with Crippen molar-refractivity contribution in [1.29, 1.82) is 0 Å². The Kier molecular flexibility index (Phi) is 6.96. The van der Waals surface area contributed by atoms with Crippen LogP contribution in [0, 0.1) is 5.92 Å². The summed E-state index contributed by atoms with van der Waals surface area (Å²) < 4.78 is 1.87. The van der Waals surface area contributed by atoms with E-state index in [1.165, 1.54) is 19.3 Å². The lowest BCUT2D eigenvalue weighted by Crippen LogP contribution is -2.26. The normalized spacial score (nSPS) is 14.8. The van der Waals surface area contributed by atoms with E-state index in [1.807, 2.05) is 41.1 Å². The molecule has 1 saturated carbocycles. The van der Waals surface area contributed by atoms with Gasteiger partial charge in [0.05, 0.1) is 11.1 Å². The van der Waals surface area contributed by atoms with E-state index in [9.17, 15) is 14.7 Å². The Morgan fingerprint density at radius 3 is 2.32 bits per heavy atom. The SMILES string of the molecule is CC(C)(C)n1nc(C(=O)CC2CCCCC2)nc1Cc1ccc(-c2ccccc2C(=O)O)cc1. The monoisotopic (exact) mass is 459 g/mol. The summed E-state index contributed by atoms with van der Waals surface area (Å²) in [6.07, 6.45) is 7.01. The zero-order valence-electron chi connectivity index (χ0n) is 20.3. The van der Waals surface area contributed by atoms with Gasteiger partial charge < -0.3 is 5.11 Å². The molecular weight excluding hydrogens is 426 g/mol. The molecule has 1 heterocycles. The summed E-state index contributed by atoms with van der Waals surface area (Å²) in [5, 5.41) is 14.1.